The van der Waals surface area contributed by atoms with Gasteiger partial charge in [0.05, 0.1) is 5.69 Å². The minimum absolute atomic E-state index is 0.0437. The standard InChI is InChI=1S/C14H11ClN4OS/c1-9-8-21-14(18-9)17-7-10(6-16)13(20)19-12-4-2-11(15)3-5-12/h2-5,7-8H,1H3,(H,17,18)(H,19,20)/b10-7-. The van der Waals surface area contributed by atoms with Gasteiger partial charge in [0.25, 0.3) is 5.91 Å². The number of rotatable bonds is 4. The van der Waals surface area contributed by atoms with E-state index in [2.05, 4.69) is 15.6 Å². The van der Waals surface area contributed by atoms with Crippen LogP contribution in [0.3, 0.4) is 0 Å². The second kappa shape index (κ2) is 6.88. The molecular weight excluding hydrogens is 308 g/mol. The Bertz CT molecular complexity index is 715. The largest absolute Gasteiger partial charge is 0.337 e. The van der Waals surface area contributed by atoms with E-state index in [1.165, 1.54) is 17.5 Å². The number of aromatic nitrogens is 1. The molecular formula is C14H11ClN4OS. The van der Waals surface area contributed by atoms with E-state index in [9.17, 15) is 4.79 Å². The molecule has 5 nitrogen and oxygen atoms in total. The molecule has 0 radical (unpaired) electrons. The topological polar surface area (TPSA) is 77.8 Å². The fourth-order valence-corrected chi connectivity index (χ4v) is 2.22. The Balaban J connectivity index is 2.04. The molecule has 0 bridgehead atoms. The van der Waals surface area contributed by atoms with E-state index >= 15 is 0 Å². The molecule has 0 unspecified atom stereocenters. The van der Waals surface area contributed by atoms with E-state index in [4.69, 9.17) is 16.9 Å². The number of hydrogen-bond donors (Lipinski definition) is 2. The number of carbonyl (C=O) groups excluding carboxylic acids is 1. The van der Waals surface area contributed by atoms with Gasteiger partial charge < -0.3 is 10.6 Å². The Morgan fingerprint density at radius 3 is 2.71 bits per heavy atom. The third kappa shape index (κ3) is 4.31. The first-order chi connectivity index (χ1) is 10.1. The molecule has 2 N–H and O–H groups in total. The second-order valence-corrected chi connectivity index (χ2v) is 5.36. The molecule has 1 aromatic heterocycles. The Morgan fingerprint density at radius 1 is 1.43 bits per heavy atom. The van der Waals surface area contributed by atoms with Crippen LogP contribution in [-0.4, -0.2) is 10.9 Å². The van der Waals surface area contributed by atoms with Crippen LogP contribution in [0.5, 0.6) is 0 Å². The monoisotopic (exact) mass is 318 g/mol. The molecule has 0 aliphatic carbocycles. The number of carbonyl (C=O) groups is 1. The molecule has 7 heteroatoms. The van der Waals surface area contributed by atoms with Crippen LogP contribution in [0.4, 0.5) is 10.8 Å². The highest BCUT2D eigenvalue weighted by molar-refractivity contribution is 7.13. The van der Waals surface area contributed by atoms with Gasteiger partial charge in [-0.1, -0.05) is 11.6 Å². The molecule has 2 rings (SSSR count). The molecule has 0 saturated heterocycles. The molecule has 2 aromatic rings. The Hall–Kier alpha value is -2.36. The lowest BCUT2D eigenvalue weighted by Gasteiger charge is -2.04. The summed E-state index contributed by atoms with van der Waals surface area (Å²) >= 11 is 7.16. The predicted octanol–water partition coefficient (Wildman–Crippen LogP) is 3.56. The maximum absolute atomic E-state index is 12.0. The van der Waals surface area contributed by atoms with Crippen molar-refractivity contribution in [1.29, 1.82) is 5.26 Å². The summed E-state index contributed by atoms with van der Waals surface area (Å²) < 4.78 is 0. The summed E-state index contributed by atoms with van der Waals surface area (Å²) in [4.78, 5) is 16.1. The second-order valence-electron chi connectivity index (χ2n) is 4.07. The zero-order chi connectivity index (χ0) is 15.2. The van der Waals surface area contributed by atoms with Gasteiger partial charge in [-0.15, -0.1) is 11.3 Å². The normalized spacial score (nSPS) is 10.8. The van der Waals surface area contributed by atoms with Gasteiger partial charge in [0, 0.05) is 22.3 Å². The van der Waals surface area contributed by atoms with Crippen molar-refractivity contribution < 1.29 is 4.79 Å². The fraction of sp³-hybridized carbons (Fsp3) is 0.0714. The molecule has 1 aromatic carbocycles. The van der Waals surface area contributed by atoms with Gasteiger partial charge in [-0.2, -0.15) is 5.26 Å². The van der Waals surface area contributed by atoms with Crippen LogP contribution in [0.25, 0.3) is 0 Å². The molecule has 0 saturated carbocycles. The number of anilines is 2. The Labute approximate surface area is 130 Å². The van der Waals surface area contributed by atoms with Crippen molar-refractivity contribution in [3.63, 3.8) is 0 Å². The number of halogens is 1. The Kier molecular flexibility index (Phi) is 4.93. The first-order valence-corrected chi connectivity index (χ1v) is 7.20. The first kappa shape index (κ1) is 15.0. The van der Waals surface area contributed by atoms with Crippen LogP contribution in [0, 0.1) is 18.3 Å². The van der Waals surface area contributed by atoms with E-state index in [0.717, 1.165) is 5.69 Å². The van der Waals surface area contributed by atoms with Crippen LogP contribution in [0.2, 0.25) is 5.02 Å². The summed E-state index contributed by atoms with van der Waals surface area (Å²) in [5.74, 6) is -0.499. The van der Waals surface area contributed by atoms with Gasteiger partial charge in [0.15, 0.2) is 5.13 Å². The van der Waals surface area contributed by atoms with Crippen molar-refractivity contribution in [2.45, 2.75) is 6.92 Å². The lowest BCUT2D eigenvalue weighted by molar-refractivity contribution is -0.112. The number of benzene rings is 1. The first-order valence-electron chi connectivity index (χ1n) is 5.94. The summed E-state index contributed by atoms with van der Waals surface area (Å²) in [6.07, 6.45) is 1.34. The van der Waals surface area contributed by atoms with Crippen LogP contribution >= 0.6 is 22.9 Å². The molecule has 106 valence electrons. The summed E-state index contributed by atoms with van der Waals surface area (Å²) in [7, 11) is 0. The van der Waals surface area contributed by atoms with Crippen molar-refractivity contribution in [2.24, 2.45) is 0 Å². The van der Waals surface area contributed by atoms with E-state index in [1.54, 1.807) is 24.3 Å². The lowest BCUT2D eigenvalue weighted by Crippen LogP contribution is -2.14. The van der Waals surface area contributed by atoms with Gasteiger partial charge in [-0.05, 0) is 31.2 Å². The summed E-state index contributed by atoms with van der Waals surface area (Å²) in [5, 5.41) is 17.6. The van der Waals surface area contributed by atoms with Crippen LogP contribution in [-0.2, 0) is 4.79 Å². The zero-order valence-corrected chi connectivity index (χ0v) is 12.6. The van der Waals surface area contributed by atoms with Gasteiger partial charge in [0.1, 0.15) is 11.6 Å². The van der Waals surface area contributed by atoms with Gasteiger partial charge >= 0.3 is 0 Å². The number of nitrogens with zero attached hydrogens (tertiary/aromatic N) is 2. The molecule has 1 heterocycles. The molecule has 21 heavy (non-hydrogen) atoms. The maximum atomic E-state index is 12.0. The number of amides is 1. The average molecular weight is 319 g/mol. The summed E-state index contributed by atoms with van der Waals surface area (Å²) in [6.45, 7) is 1.86. The highest BCUT2D eigenvalue weighted by atomic mass is 35.5. The van der Waals surface area contributed by atoms with Crippen molar-refractivity contribution in [1.82, 2.24) is 4.98 Å². The van der Waals surface area contributed by atoms with Crippen LogP contribution in [0.1, 0.15) is 5.69 Å². The summed E-state index contributed by atoms with van der Waals surface area (Å²) in [6, 6.07) is 8.48. The quantitative estimate of drug-likeness (QED) is 0.667. The number of thiazole rings is 1. The predicted molar refractivity (Wildman–Crippen MR) is 84.3 cm³/mol. The molecule has 1 amide bonds. The van der Waals surface area contributed by atoms with Crippen LogP contribution in [0.15, 0.2) is 41.4 Å². The van der Waals surface area contributed by atoms with Crippen molar-refractivity contribution in [3.05, 3.63) is 52.1 Å². The van der Waals surface area contributed by atoms with E-state index in [1.807, 2.05) is 18.4 Å². The SMILES string of the molecule is Cc1csc(N/C=C(/C#N)C(=O)Nc2ccc(Cl)cc2)n1. The van der Waals surface area contributed by atoms with E-state index < -0.39 is 5.91 Å². The van der Waals surface area contributed by atoms with Crippen molar-refractivity contribution in [2.75, 3.05) is 10.6 Å². The number of nitrogens with one attached hydrogen (secondary N) is 2. The Morgan fingerprint density at radius 2 is 2.14 bits per heavy atom. The van der Waals surface area contributed by atoms with Gasteiger partial charge in [0.2, 0.25) is 0 Å². The van der Waals surface area contributed by atoms with Gasteiger partial charge in [-0.3, -0.25) is 4.79 Å². The van der Waals surface area contributed by atoms with Gasteiger partial charge in [-0.25, -0.2) is 4.98 Å². The van der Waals surface area contributed by atoms with Crippen molar-refractivity contribution >= 4 is 39.7 Å². The van der Waals surface area contributed by atoms with Crippen LogP contribution < -0.4 is 10.6 Å². The van der Waals surface area contributed by atoms with E-state index in [0.29, 0.717) is 15.8 Å². The van der Waals surface area contributed by atoms with Crippen molar-refractivity contribution in [3.8, 4) is 6.07 Å². The molecule has 0 fully saturated rings. The lowest BCUT2D eigenvalue weighted by atomic mass is 10.2. The van der Waals surface area contributed by atoms with E-state index in [-0.39, 0.29) is 5.57 Å². The fourth-order valence-electron chi connectivity index (χ4n) is 1.43. The number of aryl methyl sites for hydroxylation is 1. The maximum Gasteiger partial charge on any atom is 0.267 e. The molecule has 0 aliphatic heterocycles. The third-order valence-corrected chi connectivity index (χ3v) is 3.57. The molecule has 0 aliphatic rings. The minimum Gasteiger partial charge on any atom is -0.337 e. The molecule has 0 spiro atoms. The number of hydrogen-bond acceptors (Lipinski definition) is 5. The zero-order valence-electron chi connectivity index (χ0n) is 11.1. The number of nitriles is 1. The average Bonchev–Trinajstić information content (AvgIpc) is 2.88. The highest BCUT2D eigenvalue weighted by Gasteiger charge is 2.09. The highest BCUT2D eigenvalue weighted by Crippen LogP contribution is 2.16. The smallest absolute Gasteiger partial charge is 0.267 e. The summed E-state index contributed by atoms with van der Waals surface area (Å²) in [5.41, 5.74) is 1.40. The minimum atomic E-state index is -0.499. The molecule has 0 atom stereocenters. The third-order valence-electron chi connectivity index (χ3n) is 2.43.